The van der Waals surface area contributed by atoms with Gasteiger partial charge in [0.15, 0.2) is 5.69 Å². The average Bonchev–Trinajstić information content (AvgIpc) is 2.96. The smallest absolute Gasteiger partial charge is 0.302 e. The lowest BCUT2D eigenvalue weighted by Crippen LogP contribution is -2.31. The second-order valence-electron chi connectivity index (χ2n) is 4.49. The Morgan fingerprint density at radius 3 is 2.73 bits per heavy atom. The van der Waals surface area contributed by atoms with Gasteiger partial charge in [0.25, 0.3) is 0 Å². The Balaban J connectivity index is 1.81. The van der Waals surface area contributed by atoms with Crippen LogP contribution >= 0.6 is 0 Å². The molecule has 0 fully saturated rings. The molecule has 2 heterocycles. The molecule has 0 aliphatic rings. The highest BCUT2D eigenvalue weighted by molar-refractivity contribution is 5.54. The van der Waals surface area contributed by atoms with Crippen LogP contribution in [0.5, 0.6) is 0 Å². The Kier molecular flexibility index (Phi) is 3.50. The predicted molar refractivity (Wildman–Crippen MR) is 72.6 cm³/mol. The summed E-state index contributed by atoms with van der Waals surface area (Å²) in [5, 5.41) is 5.71. The first-order chi connectivity index (χ1) is 10.5. The Labute approximate surface area is 123 Å². The van der Waals surface area contributed by atoms with Crippen LogP contribution in [0, 0.1) is 0 Å². The Hall–Kier alpha value is -2.90. The molecule has 3 aromatic rings. The summed E-state index contributed by atoms with van der Waals surface area (Å²) >= 11 is 0. The molecule has 0 spiro atoms. The molecule has 2 aromatic heterocycles. The van der Waals surface area contributed by atoms with Crippen molar-refractivity contribution in [3.63, 3.8) is 0 Å². The van der Waals surface area contributed by atoms with Crippen LogP contribution in [0.25, 0.3) is 5.69 Å². The predicted octanol–water partition coefficient (Wildman–Crippen LogP) is 2.84. The van der Waals surface area contributed by atoms with Gasteiger partial charge in [0.2, 0.25) is 0 Å². The van der Waals surface area contributed by atoms with Crippen molar-refractivity contribution in [2.45, 2.75) is 6.18 Å². The van der Waals surface area contributed by atoms with Crippen molar-refractivity contribution in [2.75, 3.05) is 5.32 Å². The molecule has 0 saturated carbocycles. The Morgan fingerprint density at radius 2 is 2.00 bits per heavy atom. The Bertz CT molecular complexity index is 767. The third-order valence-corrected chi connectivity index (χ3v) is 2.91. The van der Waals surface area contributed by atoms with Gasteiger partial charge in [-0.15, -0.1) is 4.68 Å². The number of nitrogens with zero attached hydrogens (tertiary/aromatic N) is 3. The molecule has 0 unspecified atom stereocenters. The summed E-state index contributed by atoms with van der Waals surface area (Å²) in [4.78, 5) is 8.05. The molecular weight excluding hydrogens is 295 g/mol. The average molecular weight is 306 g/mol. The zero-order chi connectivity index (χ0) is 15.6. The lowest BCUT2D eigenvalue weighted by molar-refractivity contribution is -0.656. The van der Waals surface area contributed by atoms with E-state index in [1.165, 1.54) is 18.5 Å². The van der Waals surface area contributed by atoms with E-state index in [4.69, 9.17) is 0 Å². The number of aromatic amines is 1. The van der Waals surface area contributed by atoms with E-state index in [1.54, 1.807) is 23.1 Å². The van der Waals surface area contributed by atoms with Gasteiger partial charge in [0.05, 0.1) is 11.8 Å². The van der Waals surface area contributed by atoms with Crippen LogP contribution in [0.2, 0.25) is 0 Å². The molecule has 5 nitrogen and oxygen atoms in total. The first kappa shape index (κ1) is 14.1. The molecular formula is C14H11F3N5+. The molecule has 0 atom stereocenters. The number of H-pyrrole nitrogens is 1. The summed E-state index contributed by atoms with van der Waals surface area (Å²) in [6.07, 6.45) is 0.401. The standard InChI is InChI=1S/C14H10F3N5/c15-14(16,17)10-3-1-4-11(7-10)20-13-19-9-22(21-13)12-5-2-6-18-8-12/h1-9H,(H,20,21)/p+1. The zero-order valence-corrected chi connectivity index (χ0v) is 11.2. The maximum Gasteiger partial charge on any atom is 0.416 e. The number of anilines is 2. The maximum absolute atomic E-state index is 12.7. The number of hydrogen-bond donors (Lipinski definition) is 2. The van der Waals surface area contributed by atoms with Gasteiger partial charge >= 0.3 is 18.5 Å². The first-order valence-corrected chi connectivity index (χ1v) is 6.34. The summed E-state index contributed by atoms with van der Waals surface area (Å²) in [7, 11) is 0. The van der Waals surface area contributed by atoms with Gasteiger partial charge in [-0.05, 0) is 35.3 Å². The normalized spacial score (nSPS) is 11.4. The van der Waals surface area contributed by atoms with Gasteiger partial charge in [-0.1, -0.05) is 6.07 Å². The second kappa shape index (κ2) is 5.47. The van der Waals surface area contributed by atoms with Crippen LogP contribution < -0.4 is 10.00 Å². The van der Waals surface area contributed by atoms with Crippen molar-refractivity contribution in [1.82, 2.24) is 15.1 Å². The summed E-state index contributed by atoms with van der Waals surface area (Å²) in [5.74, 6) is 0.322. The molecule has 0 saturated heterocycles. The topological polar surface area (TPSA) is 57.5 Å². The number of benzene rings is 1. The highest BCUT2D eigenvalue weighted by atomic mass is 19.4. The molecule has 2 N–H and O–H groups in total. The quantitative estimate of drug-likeness (QED) is 0.732. The van der Waals surface area contributed by atoms with E-state index in [0.29, 0.717) is 11.6 Å². The number of halogens is 3. The van der Waals surface area contributed by atoms with Crippen LogP contribution in [-0.4, -0.2) is 15.1 Å². The van der Waals surface area contributed by atoms with Crippen molar-refractivity contribution in [3.8, 4) is 5.69 Å². The first-order valence-electron chi connectivity index (χ1n) is 6.34. The van der Waals surface area contributed by atoms with E-state index < -0.39 is 11.7 Å². The van der Waals surface area contributed by atoms with Crippen LogP contribution in [-0.2, 0) is 6.18 Å². The van der Waals surface area contributed by atoms with Crippen molar-refractivity contribution < 1.29 is 17.9 Å². The fourth-order valence-corrected chi connectivity index (χ4v) is 1.88. The van der Waals surface area contributed by atoms with Gasteiger partial charge in [-0.25, -0.2) is 0 Å². The third kappa shape index (κ3) is 3.05. The number of pyridine rings is 1. The molecule has 1 aromatic carbocycles. The number of aromatic nitrogens is 4. The third-order valence-electron chi connectivity index (χ3n) is 2.91. The molecule has 0 aliphatic heterocycles. The van der Waals surface area contributed by atoms with Crippen molar-refractivity contribution >= 4 is 11.6 Å². The minimum atomic E-state index is -4.38. The number of rotatable bonds is 3. The largest absolute Gasteiger partial charge is 0.416 e. The Morgan fingerprint density at radius 1 is 1.14 bits per heavy atom. The van der Waals surface area contributed by atoms with Gasteiger partial charge in [0.1, 0.15) is 0 Å². The maximum atomic E-state index is 12.7. The molecule has 22 heavy (non-hydrogen) atoms. The van der Waals surface area contributed by atoms with E-state index in [9.17, 15) is 13.2 Å². The SMILES string of the molecule is FC(F)(F)c1cccc(Nc2nc[n+](-c3cccnc3)[nH]2)c1. The highest BCUT2D eigenvalue weighted by Crippen LogP contribution is 2.31. The van der Waals surface area contributed by atoms with E-state index in [0.717, 1.165) is 17.8 Å². The lowest BCUT2D eigenvalue weighted by Gasteiger charge is -2.07. The molecule has 112 valence electrons. The van der Waals surface area contributed by atoms with Gasteiger partial charge < -0.3 is 5.32 Å². The van der Waals surface area contributed by atoms with Crippen molar-refractivity contribution in [1.29, 1.82) is 0 Å². The van der Waals surface area contributed by atoms with Crippen LogP contribution in [0.1, 0.15) is 5.56 Å². The summed E-state index contributed by atoms with van der Waals surface area (Å²) < 4.78 is 39.6. The van der Waals surface area contributed by atoms with Crippen molar-refractivity contribution in [2.24, 2.45) is 0 Å². The van der Waals surface area contributed by atoms with Crippen molar-refractivity contribution in [3.05, 3.63) is 60.7 Å². The fourth-order valence-electron chi connectivity index (χ4n) is 1.88. The number of alkyl halides is 3. The minimum absolute atomic E-state index is 0.294. The van der Waals surface area contributed by atoms with Gasteiger partial charge in [0, 0.05) is 11.9 Å². The minimum Gasteiger partial charge on any atom is -0.302 e. The molecule has 0 bridgehead atoms. The second-order valence-corrected chi connectivity index (χ2v) is 4.49. The molecule has 3 rings (SSSR count). The van der Waals surface area contributed by atoms with Gasteiger partial charge in [-0.3, -0.25) is 4.98 Å². The lowest BCUT2D eigenvalue weighted by atomic mass is 10.2. The summed E-state index contributed by atoms with van der Waals surface area (Å²) in [6.45, 7) is 0. The van der Waals surface area contributed by atoms with Crippen LogP contribution in [0.15, 0.2) is 55.1 Å². The van der Waals surface area contributed by atoms with Crippen LogP contribution in [0.3, 0.4) is 0 Å². The summed E-state index contributed by atoms with van der Waals surface area (Å²) in [5.41, 5.74) is 0.332. The molecule has 0 aliphatic carbocycles. The highest BCUT2D eigenvalue weighted by Gasteiger charge is 2.30. The van der Waals surface area contributed by atoms with E-state index in [-0.39, 0.29) is 0 Å². The molecule has 0 amide bonds. The fraction of sp³-hybridized carbons (Fsp3) is 0.0714. The summed E-state index contributed by atoms with van der Waals surface area (Å²) in [6, 6.07) is 8.50. The van der Waals surface area contributed by atoms with Gasteiger partial charge in [-0.2, -0.15) is 18.3 Å². The molecule has 0 radical (unpaired) electrons. The molecule has 8 heteroatoms. The number of hydrogen-bond acceptors (Lipinski definition) is 3. The monoisotopic (exact) mass is 306 g/mol. The van der Waals surface area contributed by atoms with E-state index >= 15 is 0 Å². The van der Waals surface area contributed by atoms with E-state index in [1.807, 2.05) is 6.07 Å². The number of nitrogens with one attached hydrogen (secondary N) is 2. The van der Waals surface area contributed by atoms with Crippen LogP contribution in [0.4, 0.5) is 24.8 Å². The zero-order valence-electron chi connectivity index (χ0n) is 11.2. The van der Waals surface area contributed by atoms with E-state index in [2.05, 4.69) is 20.4 Å².